The summed E-state index contributed by atoms with van der Waals surface area (Å²) in [6.07, 6.45) is 2.43. The first-order valence-electron chi connectivity index (χ1n) is 9.31. The van der Waals surface area contributed by atoms with E-state index in [2.05, 4.69) is 29.3 Å². The highest BCUT2D eigenvalue weighted by Gasteiger charge is 2.31. The Morgan fingerprint density at radius 1 is 1.19 bits per heavy atom. The summed E-state index contributed by atoms with van der Waals surface area (Å²) >= 11 is 6.21. The number of hydrogen-bond acceptors (Lipinski definition) is 4. The number of likely N-dealkylation sites (N-methyl/N-ethyl adjacent to an activating group) is 1. The lowest BCUT2D eigenvalue weighted by atomic mass is 9.92. The number of ether oxygens (including phenoxy) is 2. The van der Waals surface area contributed by atoms with Gasteiger partial charge in [0.15, 0.2) is 0 Å². The third-order valence-electron chi connectivity index (χ3n) is 5.39. The molecule has 26 heavy (non-hydrogen) atoms. The molecule has 0 aliphatic carbocycles. The fourth-order valence-electron chi connectivity index (χ4n) is 3.98. The second-order valence-corrected chi connectivity index (χ2v) is 7.46. The molecule has 1 N–H and O–H groups in total. The maximum absolute atomic E-state index is 6.21. The van der Waals surface area contributed by atoms with E-state index < -0.39 is 0 Å². The number of hydrogen-bond donors (Lipinski definition) is 1. The van der Waals surface area contributed by atoms with Crippen molar-refractivity contribution < 1.29 is 9.47 Å². The van der Waals surface area contributed by atoms with Crippen molar-refractivity contribution in [3.63, 3.8) is 0 Å². The van der Waals surface area contributed by atoms with Gasteiger partial charge >= 0.3 is 0 Å². The highest BCUT2D eigenvalue weighted by Crippen LogP contribution is 2.45. The molecule has 0 saturated carbocycles. The van der Waals surface area contributed by atoms with Crippen LogP contribution in [0.5, 0.6) is 17.2 Å². The molecular formula is C21H25ClN2O2. The Balaban J connectivity index is 1.69. The fourth-order valence-corrected chi connectivity index (χ4v) is 4.15. The molecule has 2 aliphatic heterocycles. The first-order valence-corrected chi connectivity index (χ1v) is 9.69. The van der Waals surface area contributed by atoms with Crippen LogP contribution >= 0.6 is 11.6 Å². The molecule has 0 bridgehead atoms. The van der Waals surface area contributed by atoms with E-state index >= 15 is 0 Å². The monoisotopic (exact) mass is 372 g/mol. The van der Waals surface area contributed by atoms with Gasteiger partial charge in [-0.05, 0) is 50.2 Å². The molecule has 4 rings (SSSR count). The van der Waals surface area contributed by atoms with Crippen LogP contribution in [0.25, 0.3) is 0 Å². The van der Waals surface area contributed by atoms with E-state index in [0.717, 1.165) is 41.5 Å². The lowest BCUT2D eigenvalue weighted by Gasteiger charge is -2.37. The van der Waals surface area contributed by atoms with Crippen molar-refractivity contribution in [1.29, 1.82) is 0 Å². The number of nitrogens with one attached hydrogen (secondary N) is 1. The Kier molecular flexibility index (Phi) is 5.07. The van der Waals surface area contributed by atoms with E-state index in [4.69, 9.17) is 21.1 Å². The SMILES string of the molecule is CCN1CCCC(NC2c3ccc(Cl)cc3Oc3cc(OC)ccc32)C1. The predicted octanol–water partition coefficient (Wildman–Crippen LogP) is 4.62. The topological polar surface area (TPSA) is 33.7 Å². The van der Waals surface area contributed by atoms with Crippen LogP contribution in [0, 0.1) is 0 Å². The van der Waals surface area contributed by atoms with E-state index in [1.807, 2.05) is 24.3 Å². The van der Waals surface area contributed by atoms with E-state index in [-0.39, 0.29) is 6.04 Å². The van der Waals surface area contributed by atoms with Gasteiger partial charge in [-0.1, -0.05) is 24.6 Å². The molecule has 2 aromatic carbocycles. The number of rotatable bonds is 4. The number of piperidine rings is 1. The predicted molar refractivity (Wildman–Crippen MR) is 105 cm³/mol. The second kappa shape index (κ2) is 7.47. The highest BCUT2D eigenvalue weighted by atomic mass is 35.5. The minimum atomic E-state index is 0.0960. The maximum Gasteiger partial charge on any atom is 0.136 e. The number of fused-ring (bicyclic) bond motifs is 2. The summed E-state index contributed by atoms with van der Waals surface area (Å²) < 4.78 is 11.5. The van der Waals surface area contributed by atoms with Crippen LogP contribution in [-0.4, -0.2) is 37.7 Å². The van der Waals surface area contributed by atoms with Crippen LogP contribution in [0.2, 0.25) is 5.02 Å². The van der Waals surface area contributed by atoms with Gasteiger partial charge in [0.2, 0.25) is 0 Å². The molecule has 1 fully saturated rings. The Morgan fingerprint density at radius 2 is 1.96 bits per heavy atom. The van der Waals surface area contributed by atoms with Crippen molar-refractivity contribution in [3.05, 3.63) is 52.5 Å². The van der Waals surface area contributed by atoms with Gasteiger partial charge in [-0.3, -0.25) is 0 Å². The smallest absolute Gasteiger partial charge is 0.136 e. The van der Waals surface area contributed by atoms with Crippen LogP contribution in [0.3, 0.4) is 0 Å². The van der Waals surface area contributed by atoms with Gasteiger partial charge < -0.3 is 19.7 Å². The molecule has 138 valence electrons. The van der Waals surface area contributed by atoms with E-state index in [1.165, 1.54) is 19.4 Å². The first-order chi connectivity index (χ1) is 12.7. The molecule has 2 aromatic rings. The third-order valence-corrected chi connectivity index (χ3v) is 5.63. The van der Waals surface area contributed by atoms with Gasteiger partial charge in [0, 0.05) is 34.8 Å². The van der Waals surface area contributed by atoms with E-state index in [0.29, 0.717) is 11.1 Å². The van der Waals surface area contributed by atoms with E-state index in [1.54, 1.807) is 7.11 Å². The molecule has 2 heterocycles. The standard InChI is InChI=1S/C21H25ClN2O2/c1-3-24-10-4-5-15(13-24)23-21-17-8-6-14(22)11-19(17)26-20-12-16(25-2)7-9-18(20)21/h6-9,11-12,15,21,23H,3-5,10,13H2,1-2H3. The molecule has 2 atom stereocenters. The summed E-state index contributed by atoms with van der Waals surface area (Å²) in [6, 6.07) is 12.5. The maximum atomic E-state index is 6.21. The summed E-state index contributed by atoms with van der Waals surface area (Å²) in [4.78, 5) is 2.51. The molecule has 5 heteroatoms. The van der Waals surface area contributed by atoms with Crippen LogP contribution < -0.4 is 14.8 Å². The molecule has 0 radical (unpaired) electrons. The Hall–Kier alpha value is -1.75. The molecule has 0 aromatic heterocycles. The van der Waals surface area contributed by atoms with Gasteiger partial charge in [0.1, 0.15) is 17.2 Å². The van der Waals surface area contributed by atoms with Crippen LogP contribution in [0.4, 0.5) is 0 Å². The van der Waals surface area contributed by atoms with E-state index in [9.17, 15) is 0 Å². The molecule has 1 saturated heterocycles. The summed E-state index contributed by atoms with van der Waals surface area (Å²) in [6.45, 7) is 5.62. The zero-order valence-electron chi connectivity index (χ0n) is 15.3. The normalized spacial score (nSPS) is 22.3. The number of likely N-dealkylation sites (tertiary alicyclic amines) is 1. The molecule has 2 aliphatic rings. The summed E-state index contributed by atoms with van der Waals surface area (Å²) in [5, 5.41) is 4.57. The largest absolute Gasteiger partial charge is 0.497 e. The first kappa shape index (κ1) is 17.7. The van der Waals surface area contributed by atoms with Crippen molar-refractivity contribution >= 4 is 11.6 Å². The summed E-state index contributed by atoms with van der Waals surface area (Å²) in [7, 11) is 1.67. The Labute approximate surface area is 160 Å². The lowest BCUT2D eigenvalue weighted by Crippen LogP contribution is -2.47. The average molecular weight is 373 g/mol. The average Bonchev–Trinajstić information content (AvgIpc) is 2.67. The fraction of sp³-hybridized carbons (Fsp3) is 0.429. The van der Waals surface area contributed by atoms with Crippen molar-refractivity contribution in [2.45, 2.75) is 31.8 Å². The quantitative estimate of drug-likeness (QED) is 0.849. The second-order valence-electron chi connectivity index (χ2n) is 7.02. The summed E-state index contributed by atoms with van der Waals surface area (Å²) in [5.74, 6) is 2.45. The van der Waals surface area contributed by atoms with Crippen LogP contribution in [-0.2, 0) is 0 Å². The van der Waals surface area contributed by atoms with Crippen molar-refractivity contribution in [2.75, 3.05) is 26.7 Å². The third kappa shape index (κ3) is 3.41. The minimum absolute atomic E-state index is 0.0960. The number of nitrogens with zero attached hydrogens (tertiary/aromatic N) is 1. The number of halogens is 1. The Morgan fingerprint density at radius 3 is 2.73 bits per heavy atom. The van der Waals surface area contributed by atoms with Crippen molar-refractivity contribution in [3.8, 4) is 17.2 Å². The van der Waals surface area contributed by atoms with Gasteiger partial charge in [0.05, 0.1) is 13.2 Å². The number of benzene rings is 2. The zero-order valence-corrected chi connectivity index (χ0v) is 16.1. The minimum Gasteiger partial charge on any atom is -0.497 e. The van der Waals surface area contributed by atoms with Gasteiger partial charge in [-0.25, -0.2) is 0 Å². The summed E-state index contributed by atoms with van der Waals surface area (Å²) in [5.41, 5.74) is 2.29. The molecule has 4 nitrogen and oxygen atoms in total. The highest BCUT2D eigenvalue weighted by molar-refractivity contribution is 6.30. The molecule has 2 unspecified atom stereocenters. The Bertz CT molecular complexity index is 796. The van der Waals surface area contributed by atoms with Crippen molar-refractivity contribution in [2.24, 2.45) is 0 Å². The van der Waals surface area contributed by atoms with Crippen LogP contribution in [0.1, 0.15) is 36.9 Å². The van der Waals surface area contributed by atoms with Gasteiger partial charge in [0.25, 0.3) is 0 Å². The number of methoxy groups -OCH3 is 1. The van der Waals surface area contributed by atoms with Gasteiger partial charge in [-0.15, -0.1) is 0 Å². The van der Waals surface area contributed by atoms with Crippen LogP contribution in [0.15, 0.2) is 36.4 Å². The lowest BCUT2D eigenvalue weighted by molar-refractivity contribution is 0.192. The molecule has 0 amide bonds. The molecule has 0 spiro atoms. The van der Waals surface area contributed by atoms with Crippen molar-refractivity contribution in [1.82, 2.24) is 10.2 Å². The van der Waals surface area contributed by atoms with Gasteiger partial charge in [-0.2, -0.15) is 0 Å². The zero-order chi connectivity index (χ0) is 18.1. The molecular weight excluding hydrogens is 348 g/mol.